The third-order valence-corrected chi connectivity index (χ3v) is 3.79. The standard InChI is InChI=1S/C12H15BrN4O/c13-10-2-1-6-17-11(10)15-12(16-17)14-5-3-9-4-7-18-8-9/h1-2,6,9H,3-5,7-8H2,(H,14,16). The maximum atomic E-state index is 5.35. The third kappa shape index (κ3) is 2.49. The molecule has 0 aromatic carbocycles. The van der Waals surface area contributed by atoms with E-state index in [0.29, 0.717) is 11.9 Å². The number of pyridine rings is 1. The molecule has 0 radical (unpaired) electrons. The molecule has 1 N–H and O–H groups in total. The molecule has 1 saturated heterocycles. The van der Waals surface area contributed by atoms with Crippen molar-refractivity contribution < 1.29 is 4.74 Å². The van der Waals surface area contributed by atoms with Gasteiger partial charge in [-0.1, -0.05) is 0 Å². The van der Waals surface area contributed by atoms with Gasteiger partial charge in [0.1, 0.15) is 0 Å². The van der Waals surface area contributed by atoms with Crippen molar-refractivity contribution in [1.82, 2.24) is 14.6 Å². The van der Waals surface area contributed by atoms with Gasteiger partial charge in [-0.3, -0.25) is 0 Å². The maximum Gasteiger partial charge on any atom is 0.243 e. The average Bonchev–Trinajstić information content (AvgIpc) is 2.98. The highest BCUT2D eigenvalue weighted by molar-refractivity contribution is 9.10. The van der Waals surface area contributed by atoms with Crippen LogP contribution in [0.3, 0.4) is 0 Å². The highest BCUT2D eigenvalue weighted by atomic mass is 79.9. The van der Waals surface area contributed by atoms with Crippen molar-refractivity contribution in [3.8, 4) is 0 Å². The molecule has 1 aliphatic rings. The van der Waals surface area contributed by atoms with E-state index in [9.17, 15) is 0 Å². The zero-order chi connectivity index (χ0) is 12.4. The second kappa shape index (κ2) is 5.24. The molecule has 2 aromatic heterocycles. The molecule has 96 valence electrons. The van der Waals surface area contributed by atoms with E-state index in [1.807, 2.05) is 18.3 Å². The SMILES string of the molecule is Brc1cccn2nc(NCCC3CCOC3)nc12. The van der Waals surface area contributed by atoms with Crippen molar-refractivity contribution in [2.75, 3.05) is 25.1 Å². The van der Waals surface area contributed by atoms with Crippen LogP contribution in [0.2, 0.25) is 0 Å². The number of rotatable bonds is 4. The number of halogens is 1. The van der Waals surface area contributed by atoms with Crippen molar-refractivity contribution in [1.29, 1.82) is 0 Å². The Morgan fingerprint density at radius 2 is 2.50 bits per heavy atom. The van der Waals surface area contributed by atoms with E-state index in [-0.39, 0.29) is 0 Å². The van der Waals surface area contributed by atoms with Crippen molar-refractivity contribution in [2.24, 2.45) is 5.92 Å². The lowest BCUT2D eigenvalue weighted by Gasteiger charge is -2.06. The van der Waals surface area contributed by atoms with Crippen LogP contribution in [0.4, 0.5) is 5.95 Å². The molecule has 18 heavy (non-hydrogen) atoms. The average molecular weight is 311 g/mol. The number of aromatic nitrogens is 3. The quantitative estimate of drug-likeness (QED) is 0.941. The summed E-state index contributed by atoms with van der Waals surface area (Å²) in [7, 11) is 0. The van der Waals surface area contributed by atoms with E-state index in [4.69, 9.17) is 4.74 Å². The first-order valence-corrected chi connectivity index (χ1v) is 6.95. The predicted octanol–water partition coefficient (Wildman–Crippen LogP) is 2.33. The van der Waals surface area contributed by atoms with Crippen LogP contribution in [-0.4, -0.2) is 34.4 Å². The molecular weight excluding hydrogens is 296 g/mol. The van der Waals surface area contributed by atoms with E-state index < -0.39 is 0 Å². The Morgan fingerprint density at radius 1 is 1.56 bits per heavy atom. The van der Waals surface area contributed by atoms with Gasteiger partial charge in [0.2, 0.25) is 5.95 Å². The first-order chi connectivity index (χ1) is 8.83. The van der Waals surface area contributed by atoms with Gasteiger partial charge >= 0.3 is 0 Å². The van der Waals surface area contributed by atoms with Gasteiger partial charge < -0.3 is 10.1 Å². The summed E-state index contributed by atoms with van der Waals surface area (Å²) in [5, 5.41) is 7.64. The van der Waals surface area contributed by atoms with Gasteiger partial charge in [0.05, 0.1) is 4.47 Å². The fraction of sp³-hybridized carbons (Fsp3) is 0.500. The molecule has 0 bridgehead atoms. The molecule has 0 saturated carbocycles. The number of nitrogens with one attached hydrogen (secondary N) is 1. The van der Waals surface area contributed by atoms with E-state index in [1.165, 1.54) is 6.42 Å². The maximum absolute atomic E-state index is 5.35. The van der Waals surface area contributed by atoms with Crippen LogP contribution in [0.1, 0.15) is 12.8 Å². The number of fused-ring (bicyclic) bond motifs is 1. The first kappa shape index (κ1) is 11.9. The summed E-state index contributed by atoms with van der Waals surface area (Å²) < 4.78 is 8.08. The van der Waals surface area contributed by atoms with Crippen LogP contribution >= 0.6 is 15.9 Å². The molecule has 6 heteroatoms. The zero-order valence-electron chi connectivity index (χ0n) is 9.97. The van der Waals surface area contributed by atoms with Gasteiger partial charge in [-0.15, -0.1) is 5.10 Å². The van der Waals surface area contributed by atoms with Gasteiger partial charge in [-0.25, -0.2) is 4.52 Å². The van der Waals surface area contributed by atoms with Crippen LogP contribution < -0.4 is 5.32 Å². The van der Waals surface area contributed by atoms with Gasteiger partial charge in [-0.2, -0.15) is 4.98 Å². The number of anilines is 1. The van der Waals surface area contributed by atoms with Crippen molar-refractivity contribution in [3.05, 3.63) is 22.8 Å². The third-order valence-electron chi connectivity index (χ3n) is 3.17. The Morgan fingerprint density at radius 3 is 3.28 bits per heavy atom. The van der Waals surface area contributed by atoms with Crippen LogP contribution in [0.25, 0.3) is 5.65 Å². The molecule has 1 atom stereocenters. The van der Waals surface area contributed by atoms with E-state index in [1.54, 1.807) is 4.52 Å². The lowest BCUT2D eigenvalue weighted by Crippen LogP contribution is -2.09. The summed E-state index contributed by atoms with van der Waals surface area (Å²) in [5.41, 5.74) is 0.837. The highest BCUT2D eigenvalue weighted by Crippen LogP contribution is 2.18. The Hall–Kier alpha value is -1.14. The second-order valence-corrected chi connectivity index (χ2v) is 5.36. The lowest BCUT2D eigenvalue weighted by atomic mass is 10.1. The van der Waals surface area contributed by atoms with E-state index in [2.05, 4.69) is 31.3 Å². The number of ether oxygens (including phenoxy) is 1. The topological polar surface area (TPSA) is 51.5 Å². The number of hydrogen-bond donors (Lipinski definition) is 1. The fourth-order valence-electron chi connectivity index (χ4n) is 2.15. The molecule has 3 heterocycles. The van der Waals surface area contributed by atoms with E-state index in [0.717, 1.165) is 36.3 Å². The van der Waals surface area contributed by atoms with Crippen molar-refractivity contribution in [3.63, 3.8) is 0 Å². The zero-order valence-corrected chi connectivity index (χ0v) is 11.6. The minimum Gasteiger partial charge on any atom is -0.381 e. The van der Waals surface area contributed by atoms with Gasteiger partial charge in [0.25, 0.3) is 0 Å². The van der Waals surface area contributed by atoms with Crippen LogP contribution in [0.5, 0.6) is 0 Å². The molecule has 0 amide bonds. The fourth-order valence-corrected chi connectivity index (χ4v) is 2.57. The summed E-state index contributed by atoms with van der Waals surface area (Å²) in [6, 6.07) is 3.90. The largest absolute Gasteiger partial charge is 0.381 e. The smallest absolute Gasteiger partial charge is 0.243 e. The van der Waals surface area contributed by atoms with Crippen molar-refractivity contribution in [2.45, 2.75) is 12.8 Å². The van der Waals surface area contributed by atoms with Crippen molar-refractivity contribution >= 4 is 27.5 Å². The second-order valence-electron chi connectivity index (χ2n) is 4.50. The van der Waals surface area contributed by atoms with E-state index >= 15 is 0 Å². The first-order valence-electron chi connectivity index (χ1n) is 6.15. The van der Waals surface area contributed by atoms with Gasteiger partial charge in [0, 0.05) is 26.0 Å². The summed E-state index contributed by atoms with van der Waals surface area (Å²) in [5.74, 6) is 1.36. The molecular formula is C12H15BrN4O. The molecule has 0 spiro atoms. The predicted molar refractivity (Wildman–Crippen MR) is 72.7 cm³/mol. The summed E-state index contributed by atoms with van der Waals surface area (Å²) in [4.78, 5) is 4.44. The summed E-state index contributed by atoms with van der Waals surface area (Å²) in [6.07, 6.45) is 4.17. The minimum absolute atomic E-state index is 0.681. The van der Waals surface area contributed by atoms with Crippen LogP contribution in [0.15, 0.2) is 22.8 Å². The summed E-state index contributed by atoms with van der Waals surface area (Å²) in [6.45, 7) is 2.69. The van der Waals surface area contributed by atoms with Crippen LogP contribution in [0, 0.1) is 5.92 Å². The lowest BCUT2D eigenvalue weighted by molar-refractivity contribution is 0.185. The highest BCUT2D eigenvalue weighted by Gasteiger charge is 2.15. The molecule has 3 rings (SSSR count). The summed E-state index contributed by atoms with van der Waals surface area (Å²) >= 11 is 3.46. The van der Waals surface area contributed by atoms with Gasteiger partial charge in [0.15, 0.2) is 5.65 Å². The monoisotopic (exact) mass is 310 g/mol. The molecule has 0 aliphatic carbocycles. The number of hydrogen-bond acceptors (Lipinski definition) is 4. The molecule has 1 unspecified atom stereocenters. The minimum atomic E-state index is 0.681. The molecule has 2 aromatic rings. The number of nitrogens with zero attached hydrogens (tertiary/aromatic N) is 3. The van der Waals surface area contributed by atoms with Gasteiger partial charge in [-0.05, 0) is 46.8 Å². The molecule has 1 aliphatic heterocycles. The molecule has 1 fully saturated rings. The Bertz CT molecular complexity index is 536. The Kier molecular flexibility index (Phi) is 3.47. The Balaban J connectivity index is 1.62. The normalized spacial score (nSPS) is 19.5. The molecule has 5 nitrogen and oxygen atoms in total. The Labute approximate surface area is 114 Å². The van der Waals surface area contributed by atoms with Crippen LogP contribution in [-0.2, 0) is 4.74 Å².